The van der Waals surface area contributed by atoms with E-state index in [0.717, 1.165) is 24.2 Å². The number of rotatable bonds is 3. The molecule has 0 saturated heterocycles. The SMILES string of the molecule is O=C(NC1CCCOc2ccccc21)c1ccnc(-n2cncn2)c1. The van der Waals surface area contributed by atoms with Gasteiger partial charge in [0.1, 0.15) is 18.4 Å². The molecule has 1 amide bonds. The number of aromatic nitrogens is 4. The molecule has 2 aromatic heterocycles. The Hall–Kier alpha value is -3.22. The minimum absolute atomic E-state index is 0.0748. The molecule has 1 aliphatic rings. The van der Waals surface area contributed by atoms with Crippen LogP contribution < -0.4 is 10.1 Å². The van der Waals surface area contributed by atoms with E-state index in [2.05, 4.69) is 20.4 Å². The Morgan fingerprint density at radius 1 is 1.28 bits per heavy atom. The van der Waals surface area contributed by atoms with Crippen LogP contribution >= 0.6 is 0 Å². The van der Waals surface area contributed by atoms with E-state index in [9.17, 15) is 4.79 Å². The van der Waals surface area contributed by atoms with Crippen molar-refractivity contribution in [3.8, 4) is 11.6 Å². The van der Waals surface area contributed by atoms with Crippen LogP contribution in [0, 0.1) is 0 Å². The van der Waals surface area contributed by atoms with E-state index in [1.165, 1.54) is 11.0 Å². The van der Waals surface area contributed by atoms with Crippen molar-refractivity contribution in [3.05, 3.63) is 66.4 Å². The van der Waals surface area contributed by atoms with Crippen LogP contribution in [0.4, 0.5) is 0 Å². The second-order valence-corrected chi connectivity index (χ2v) is 5.80. The average molecular weight is 335 g/mol. The quantitative estimate of drug-likeness (QED) is 0.794. The van der Waals surface area contributed by atoms with Crippen LogP contribution in [0.5, 0.6) is 5.75 Å². The molecule has 1 unspecified atom stereocenters. The molecular formula is C18H17N5O2. The molecule has 3 heterocycles. The number of benzene rings is 1. The summed E-state index contributed by atoms with van der Waals surface area (Å²) in [5.41, 5.74) is 1.54. The van der Waals surface area contributed by atoms with Gasteiger partial charge in [0, 0.05) is 17.3 Å². The zero-order valence-corrected chi connectivity index (χ0v) is 13.5. The first-order valence-electron chi connectivity index (χ1n) is 8.15. The molecule has 7 heteroatoms. The van der Waals surface area contributed by atoms with Crippen LogP contribution in [-0.4, -0.2) is 32.3 Å². The smallest absolute Gasteiger partial charge is 0.251 e. The van der Waals surface area contributed by atoms with Crippen LogP contribution in [0.25, 0.3) is 5.82 Å². The Morgan fingerprint density at radius 3 is 3.08 bits per heavy atom. The molecule has 3 aromatic rings. The number of carbonyl (C=O) groups excluding carboxylic acids is 1. The van der Waals surface area contributed by atoms with Gasteiger partial charge in [-0.25, -0.2) is 14.6 Å². The van der Waals surface area contributed by atoms with Gasteiger partial charge in [-0.2, -0.15) is 5.10 Å². The molecule has 25 heavy (non-hydrogen) atoms. The van der Waals surface area contributed by atoms with Gasteiger partial charge in [0.15, 0.2) is 5.82 Å². The number of amides is 1. The summed E-state index contributed by atoms with van der Waals surface area (Å²) in [7, 11) is 0. The van der Waals surface area contributed by atoms with Gasteiger partial charge in [-0.3, -0.25) is 4.79 Å². The molecule has 1 atom stereocenters. The molecule has 0 radical (unpaired) electrons. The summed E-state index contributed by atoms with van der Waals surface area (Å²) in [5, 5.41) is 7.15. The highest BCUT2D eigenvalue weighted by molar-refractivity contribution is 5.94. The number of para-hydroxylation sites is 1. The zero-order chi connectivity index (χ0) is 17.1. The van der Waals surface area contributed by atoms with Gasteiger partial charge in [-0.05, 0) is 31.0 Å². The number of hydrogen-bond donors (Lipinski definition) is 1. The molecule has 126 valence electrons. The summed E-state index contributed by atoms with van der Waals surface area (Å²) in [6.45, 7) is 0.662. The van der Waals surface area contributed by atoms with Gasteiger partial charge >= 0.3 is 0 Å². The highest BCUT2D eigenvalue weighted by Crippen LogP contribution is 2.31. The minimum atomic E-state index is -0.148. The third kappa shape index (κ3) is 3.21. The Labute approximate surface area is 144 Å². The largest absolute Gasteiger partial charge is 0.493 e. The van der Waals surface area contributed by atoms with Crippen LogP contribution in [0.2, 0.25) is 0 Å². The van der Waals surface area contributed by atoms with Gasteiger partial charge in [0.2, 0.25) is 0 Å². The molecule has 0 spiro atoms. The Balaban J connectivity index is 1.57. The van der Waals surface area contributed by atoms with Gasteiger partial charge in [0.05, 0.1) is 12.6 Å². The van der Waals surface area contributed by atoms with E-state index in [4.69, 9.17) is 4.74 Å². The van der Waals surface area contributed by atoms with Crippen molar-refractivity contribution in [2.45, 2.75) is 18.9 Å². The Morgan fingerprint density at radius 2 is 2.20 bits per heavy atom. The number of pyridine rings is 1. The van der Waals surface area contributed by atoms with Crippen molar-refractivity contribution >= 4 is 5.91 Å². The predicted molar refractivity (Wildman–Crippen MR) is 90.5 cm³/mol. The van der Waals surface area contributed by atoms with Crippen LogP contribution in [0.1, 0.15) is 34.8 Å². The fourth-order valence-electron chi connectivity index (χ4n) is 2.93. The summed E-state index contributed by atoms with van der Waals surface area (Å²) < 4.78 is 7.27. The van der Waals surface area contributed by atoms with Crippen molar-refractivity contribution in [3.63, 3.8) is 0 Å². The number of hydrogen-bond acceptors (Lipinski definition) is 5. The molecular weight excluding hydrogens is 318 g/mol. The third-order valence-electron chi connectivity index (χ3n) is 4.16. The molecule has 0 saturated carbocycles. The summed E-state index contributed by atoms with van der Waals surface area (Å²) in [4.78, 5) is 20.9. The van der Waals surface area contributed by atoms with Crippen molar-refractivity contribution in [2.24, 2.45) is 0 Å². The number of carbonyl (C=O) groups is 1. The Bertz CT molecular complexity index is 879. The molecule has 4 rings (SSSR count). The second-order valence-electron chi connectivity index (χ2n) is 5.80. The number of nitrogens with zero attached hydrogens (tertiary/aromatic N) is 4. The highest BCUT2D eigenvalue weighted by atomic mass is 16.5. The zero-order valence-electron chi connectivity index (χ0n) is 13.5. The molecule has 7 nitrogen and oxygen atoms in total. The van der Waals surface area contributed by atoms with Crippen molar-refractivity contribution in [1.29, 1.82) is 0 Å². The minimum Gasteiger partial charge on any atom is -0.493 e. The standard InChI is InChI=1S/C18H17N5O2/c24-18(13-7-8-20-17(10-13)23-12-19-11-21-23)22-15-5-3-9-25-16-6-2-1-4-14(15)16/h1-2,4,6-8,10-12,15H,3,5,9H2,(H,22,24). The summed E-state index contributed by atoms with van der Waals surface area (Å²) in [5.74, 6) is 1.24. The maximum atomic E-state index is 12.7. The topological polar surface area (TPSA) is 81.9 Å². The van der Waals surface area contributed by atoms with E-state index >= 15 is 0 Å². The van der Waals surface area contributed by atoms with Gasteiger partial charge in [-0.15, -0.1) is 0 Å². The van der Waals surface area contributed by atoms with Crippen molar-refractivity contribution in [2.75, 3.05) is 6.61 Å². The van der Waals surface area contributed by atoms with Crippen LogP contribution in [0.15, 0.2) is 55.2 Å². The number of fused-ring (bicyclic) bond motifs is 1. The van der Waals surface area contributed by atoms with Gasteiger partial charge in [-0.1, -0.05) is 18.2 Å². The fourth-order valence-corrected chi connectivity index (χ4v) is 2.93. The lowest BCUT2D eigenvalue weighted by atomic mass is 10.0. The molecule has 0 fully saturated rings. The molecule has 0 bridgehead atoms. The Kier molecular flexibility index (Phi) is 4.12. The number of ether oxygens (including phenoxy) is 1. The summed E-state index contributed by atoms with van der Waals surface area (Å²) in [6, 6.07) is 11.2. The summed E-state index contributed by atoms with van der Waals surface area (Å²) >= 11 is 0. The first-order valence-corrected chi connectivity index (χ1v) is 8.15. The highest BCUT2D eigenvalue weighted by Gasteiger charge is 2.22. The average Bonchev–Trinajstić information content (AvgIpc) is 3.12. The maximum Gasteiger partial charge on any atom is 0.251 e. The fraction of sp³-hybridized carbons (Fsp3) is 0.222. The lowest BCUT2D eigenvalue weighted by Crippen LogP contribution is -2.28. The van der Waals surface area contributed by atoms with E-state index in [-0.39, 0.29) is 11.9 Å². The van der Waals surface area contributed by atoms with Gasteiger partial charge < -0.3 is 10.1 Å². The van der Waals surface area contributed by atoms with Gasteiger partial charge in [0.25, 0.3) is 5.91 Å². The van der Waals surface area contributed by atoms with E-state index < -0.39 is 0 Å². The summed E-state index contributed by atoms with van der Waals surface area (Å²) in [6.07, 6.45) is 6.29. The second kappa shape index (κ2) is 6.72. The lowest BCUT2D eigenvalue weighted by molar-refractivity contribution is 0.0934. The maximum absolute atomic E-state index is 12.7. The van der Waals surface area contributed by atoms with E-state index in [1.54, 1.807) is 24.7 Å². The van der Waals surface area contributed by atoms with Crippen molar-refractivity contribution < 1.29 is 9.53 Å². The van der Waals surface area contributed by atoms with Crippen LogP contribution in [-0.2, 0) is 0 Å². The molecule has 1 aromatic carbocycles. The number of nitrogens with one attached hydrogen (secondary N) is 1. The first-order chi connectivity index (χ1) is 12.3. The van der Waals surface area contributed by atoms with E-state index in [1.807, 2.05) is 24.3 Å². The molecule has 0 aliphatic carbocycles. The van der Waals surface area contributed by atoms with Crippen molar-refractivity contribution in [1.82, 2.24) is 25.1 Å². The van der Waals surface area contributed by atoms with Crippen LogP contribution in [0.3, 0.4) is 0 Å². The lowest BCUT2D eigenvalue weighted by Gasteiger charge is -2.18. The monoisotopic (exact) mass is 335 g/mol. The third-order valence-corrected chi connectivity index (χ3v) is 4.16. The molecule has 1 aliphatic heterocycles. The molecule has 1 N–H and O–H groups in total. The van der Waals surface area contributed by atoms with E-state index in [0.29, 0.717) is 18.0 Å². The first kappa shape index (κ1) is 15.3. The predicted octanol–water partition coefficient (Wildman–Crippen LogP) is 2.31. The normalized spacial score (nSPS) is 16.4.